The maximum Gasteiger partial charge on any atom is 0.228 e. The van der Waals surface area contributed by atoms with Crippen molar-refractivity contribution in [2.24, 2.45) is 0 Å². The Balaban J connectivity index is 2.27. The molecule has 14 heavy (non-hydrogen) atoms. The summed E-state index contributed by atoms with van der Waals surface area (Å²) >= 11 is 7.73. The Bertz CT molecular complexity index is 267. The molecular formula is C8H11NO2S3. The Morgan fingerprint density at radius 1 is 1.64 bits per heavy atom. The SMILES string of the molecule is CC(=O)SCCC(=O)N1CCSC1=S. The molecule has 0 N–H and O–H groups in total. The number of carbonyl (C=O) groups excluding carboxylic acids is 2. The van der Waals surface area contributed by atoms with Gasteiger partial charge in [0.05, 0.1) is 0 Å². The second-order valence-corrected chi connectivity index (χ2v) is 5.75. The lowest BCUT2D eigenvalue weighted by molar-refractivity contribution is -0.126. The van der Waals surface area contributed by atoms with Gasteiger partial charge >= 0.3 is 0 Å². The highest BCUT2D eigenvalue weighted by molar-refractivity contribution is 8.23. The van der Waals surface area contributed by atoms with Gasteiger partial charge in [-0.2, -0.15) is 0 Å². The summed E-state index contributed by atoms with van der Waals surface area (Å²) in [6.45, 7) is 2.22. The number of hydrogen-bond acceptors (Lipinski definition) is 5. The minimum absolute atomic E-state index is 0.0359. The summed E-state index contributed by atoms with van der Waals surface area (Å²) in [5.41, 5.74) is 0. The molecule has 0 spiro atoms. The molecule has 0 bridgehead atoms. The van der Waals surface area contributed by atoms with Gasteiger partial charge in [-0.15, -0.1) is 0 Å². The van der Waals surface area contributed by atoms with E-state index in [4.69, 9.17) is 12.2 Å². The second-order valence-electron chi connectivity index (χ2n) is 2.75. The zero-order valence-corrected chi connectivity index (χ0v) is 10.3. The van der Waals surface area contributed by atoms with Gasteiger partial charge in [-0.3, -0.25) is 14.5 Å². The van der Waals surface area contributed by atoms with Gasteiger partial charge in [-0.05, 0) is 0 Å². The van der Waals surface area contributed by atoms with Crippen molar-refractivity contribution in [2.45, 2.75) is 13.3 Å². The van der Waals surface area contributed by atoms with E-state index in [0.29, 0.717) is 23.0 Å². The van der Waals surface area contributed by atoms with Crippen LogP contribution in [-0.2, 0) is 9.59 Å². The predicted molar refractivity (Wildman–Crippen MR) is 64.5 cm³/mol. The summed E-state index contributed by atoms with van der Waals surface area (Å²) in [6.07, 6.45) is 0.394. The van der Waals surface area contributed by atoms with Crippen molar-refractivity contribution in [3.8, 4) is 0 Å². The van der Waals surface area contributed by atoms with E-state index in [9.17, 15) is 9.59 Å². The third kappa shape index (κ3) is 3.59. The van der Waals surface area contributed by atoms with Crippen LogP contribution in [0.25, 0.3) is 0 Å². The van der Waals surface area contributed by atoms with Crippen molar-refractivity contribution in [2.75, 3.05) is 18.1 Å². The number of thiocarbonyl (C=S) groups is 1. The Morgan fingerprint density at radius 3 is 2.86 bits per heavy atom. The number of carbonyl (C=O) groups is 2. The monoisotopic (exact) mass is 249 g/mol. The molecule has 0 saturated carbocycles. The summed E-state index contributed by atoms with van der Waals surface area (Å²) in [4.78, 5) is 23.8. The Labute approximate surface area is 97.0 Å². The van der Waals surface area contributed by atoms with E-state index in [-0.39, 0.29) is 11.0 Å². The first-order valence-electron chi connectivity index (χ1n) is 4.21. The van der Waals surface area contributed by atoms with Gasteiger partial charge in [0.25, 0.3) is 0 Å². The number of thioether (sulfide) groups is 2. The summed E-state index contributed by atoms with van der Waals surface area (Å²) in [5, 5.41) is 0.0520. The molecule has 1 amide bonds. The van der Waals surface area contributed by atoms with Gasteiger partial charge in [0, 0.05) is 31.4 Å². The van der Waals surface area contributed by atoms with E-state index >= 15 is 0 Å². The van der Waals surface area contributed by atoms with Crippen LogP contribution in [-0.4, -0.2) is 38.3 Å². The van der Waals surface area contributed by atoms with Gasteiger partial charge in [0.2, 0.25) is 5.91 Å². The fourth-order valence-corrected chi connectivity index (χ4v) is 2.84. The van der Waals surface area contributed by atoms with Crippen molar-refractivity contribution in [3.63, 3.8) is 0 Å². The van der Waals surface area contributed by atoms with Crippen molar-refractivity contribution >= 4 is 51.1 Å². The molecule has 3 nitrogen and oxygen atoms in total. The largest absolute Gasteiger partial charge is 0.297 e. The van der Waals surface area contributed by atoms with E-state index < -0.39 is 0 Å². The normalized spacial score (nSPS) is 16.1. The number of rotatable bonds is 3. The van der Waals surface area contributed by atoms with E-state index in [1.165, 1.54) is 30.4 Å². The second kappa shape index (κ2) is 5.72. The van der Waals surface area contributed by atoms with E-state index in [2.05, 4.69) is 0 Å². The first kappa shape index (κ1) is 12.0. The van der Waals surface area contributed by atoms with Crippen LogP contribution in [0.1, 0.15) is 13.3 Å². The van der Waals surface area contributed by atoms with Crippen molar-refractivity contribution in [1.29, 1.82) is 0 Å². The molecule has 1 fully saturated rings. The quantitative estimate of drug-likeness (QED) is 0.709. The molecule has 1 aliphatic heterocycles. The Kier molecular flexibility index (Phi) is 4.91. The highest BCUT2D eigenvalue weighted by Gasteiger charge is 2.23. The summed E-state index contributed by atoms with van der Waals surface area (Å²) in [5.74, 6) is 1.48. The van der Waals surface area contributed by atoms with Crippen molar-refractivity contribution < 1.29 is 9.59 Å². The topological polar surface area (TPSA) is 37.4 Å². The minimum atomic E-state index is 0.0359. The molecule has 0 aliphatic carbocycles. The number of nitrogens with zero attached hydrogens (tertiary/aromatic N) is 1. The highest BCUT2D eigenvalue weighted by Crippen LogP contribution is 2.19. The van der Waals surface area contributed by atoms with Crippen LogP contribution in [0.5, 0.6) is 0 Å². The molecule has 0 aromatic heterocycles. The lowest BCUT2D eigenvalue weighted by Crippen LogP contribution is -2.30. The Morgan fingerprint density at radius 2 is 2.36 bits per heavy atom. The molecular weight excluding hydrogens is 238 g/mol. The van der Waals surface area contributed by atoms with E-state index in [1.807, 2.05) is 0 Å². The highest BCUT2D eigenvalue weighted by atomic mass is 32.2. The maximum absolute atomic E-state index is 11.5. The van der Waals surface area contributed by atoms with Crippen LogP contribution in [0.2, 0.25) is 0 Å². The first-order chi connectivity index (χ1) is 6.61. The molecule has 0 aromatic carbocycles. The lowest BCUT2D eigenvalue weighted by atomic mass is 10.4. The molecule has 6 heteroatoms. The molecule has 1 rings (SSSR count). The fraction of sp³-hybridized carbons (Fsp3) is 0.625. The van der Waals surface area contributed by atoms with Crippen LogP contribution < -0.4 is 0 Å². The standard InChI is InChI=1S/C8H11NO2S3/c1-6(10)13-4-2-7(11)9-3-5-14-8(9)12/h2-5H2,1H3. The van der Waals surface area contributed by atoms with Crippen LogP contribution >= 0.6 is 35.7 Å². The van der Waals surface area contributed by atoms with Crippen LogP contribution in [0.15, 0.2) is 0 Å². The molecule has 0 radical (unpaired) electrons. The fourth-order valence-electron chi connectivity index (χ4n) is 1.04. The average molecular weight is 249 g/mol. The van der Waals surface area contributed by atoms with Crippen molar-refractivity contribution in [1.82, 2.24) is 4.90 Å². The molecule has 1 saturated heterocycles. The Hall–Kier alpha value is -0.0700. The van der Waals surface area contributed by atoms with Crippen LogP contribution in [0, 0.1) is 0 Å². The van der Waals surface area contributed by atoms with E-state index in [1.54, 1.807) is 4.90 Å². The van der Waals surface area contributed by atoms with Gasteiger partial charge in [0.15, 0.2) is 5.12 Å². The lowest BCUT2D eigenvalue weighted by Gasteiger charge is -2.13. The molecule has 0 unspecified atom stereocenters. The minimum Gasteiger partial charge on any atom is -0.297 e. The van der Waals surface area contributed by atoms with Gasteiger partial charge in [-0.25, -0.2) is 0 Å². The third-order valence-corrected chi connectivity index (χ3v) is 3.93. The van der Waals surface area contributed by atoms with E-state index in [0.717, 1.165) is 5.75 Å². The first-order valence-corrected chi connectivity index (χ1v) is 6.59. The summed E-state index contributed by atoms with van der Waals surface area (Å²) in [6, 6.07) is 0. The summed E-state index contributed by atoms with van der Waals surface area (Å²) in [7, 11) is 0. The van der Waals surface area contributed by atoms with Gasteiger partial charge in [0.1, 0.15) is 4.32 Å². The zero-order valence-electron chi connectivity index (χ0n) is 7.82. The average Bonchev–Trinajstić information content (AvgIpc) is 2.50. The van der Waals surface area contributed by atoms with Crippen molar-refractivity contribution in [3.05, 3.63) is 0 Å². The number of amides is 1. The predicted octanol–water partition coefficient (Wildman–Crippen LogP) is 1.52. The van der Waals surface area contributed by atoms with Crippen LogP contribution in [0.3, 0.4) is 0 Å². The van der Waals surface area contributed by atoms with Crippen LogP contribution in [0.4, 0.5) is 0 Å². The smallest absolute Gasteiger partial charge is 0.228 e. The molecule has 0 aromatic rings. The zero-order chi connectivity index (χ0) is 10.6. The van der Waals surface area contributed by atoms with Gasteiger partial charge in [-0.1, -0.05) is 35.7 Å². The maximum atomic E-state index is 11.5. The molecule has 1 aliphatic rings. The molecule has 1 heterocycles. The number of hydrogen-bond donors (Lipinski definition) is 0. The molecule has 78 valence electrons. The van der Waals surface area contributed by atoms with Gasteiger partial charge < -0.3 is 0 Å². The molecule has 0 atom stereocenters. The third-order valence-electron chi connectivity index (χ3n) is 1.68. The summed E-state index contributed by atoms with van der Waals surface area (Å²) < 4.78 is 0.669.